The highest BCUT2D eigenvalue weighted by atomic mass is 16.7. The third-order valence-electron chi connectivity index (χ3n) is 4.36. The number of carbonyl (C=O) groups is 1. The summed E-state index contributed by atoms with van der Waals surface area (Å²) >= 11 is 0. The van der Waals surface area contributed by atoms with Gasteiger partial charge in [-0.15, -0.1) is 0 Å². The molecule has 0 fully saturated rings. The van der Waals surface area contributed by atoms with E-state index in [1.165, 1.54) is 4.57 Å². The molecule has 1 aromatic heterocycles. The molecule has 0 spiro atoms. The highest BCUT2D eigenvalue weighted by Gasteiger charge is 2.17. The molecule has 1 aliphatic heterocycles. The van der Waals surface area contributed by atoms with Gasteiger partial charge in [-0.2, -0.15) is 0 Å². The molecule has 0 bridgehead atoms. The number of benzene rings is 2. The Labute approximate surface area is 149 Å². The van der Waals surface area contributed by atoms with Gasteiger partial charge in [0.2, 0.25) is 6.79 Å². The van der Waals surface area contributed by atoms with Crippen molar-refractivity contribution >= 4 is 16.7 Å². The number of fused-ring (bicyclic) bond motifs is 2. The number of esters is 1. The SMILES string of the molecule is CCn1cc(C(=O)OCc2ccc3c(c2)OCO3)c2ccccc2c1=O. The summed E-state index contributed by atoms with van der Waals surface area (Å²) in [4.78, 5) is 25.1. The average Bonchev–Trinajstić information content (AvgIpc) is 3.14. The zero-order valence-corrected chi connectivity index (χ0v) is 14.2. The van der Waals surface area contributed by atoms with Crippen LogP contribution in [-0.2, 0) is 17.9 Å². The minimum Gasteiger partial charge on any atom is -0.457 e. The molecule has 0 saturated carbocycles. The first kappa shape index (κ1) is 16.2. The van der Waals surface area contributed by atoms with E-state index in [-0.39, 0.29) is 19.0 Å². The molecule has 6 heteroatoms. The third-order valence-corrected chi connectivity index (χ3v) is 4.36. The number of hydrogen-bond donors (Lipinski definition) is 0. The van der Waals surface area contributed by atoms with Gasteiger partial charge in [-0.05, 0) is 30.7 Å². The fourth-order valence-electron chi connectivity index (χ4n) is 3.00. The van der Waals surface area contributed by atoms with Crippen molar-refractivity contribution in [3.63, 3.8) is 0 Å². The number of pyridine rings is 1. The molecule has 4 rings (SSSR count). The lowest BCUT2D eigenvalue weighted by Gasteiger charge is -2.11. The van der Waals surface area contributed by atoms with Crippen molar-refractivity contribution in [1.29, 1.82) is 0 Å². The third kappa shape index (κ3) is 2.79. The average molecular weight is 351 g/mol. The molecule has 0 radical (unpaired) electrons. The number of carbonyl (C=O) groups excluding carboxylic acids is 1. The van der Waals surface area contributed by atoms with Crippen LogP contribution in [0.15, 0.2) is 53.5 Å². The second kappa shape index (κ2) is 6.55. The Kier molecular flexibility index (Phi) is 4.08. The fraction of sp³-hybridized carbons (Fsp3) is 0.200. The van der Waals surface area contributed by atoms with Gasteiger partial charge in [0.25, 0.3) is 5.56 Å². The predicted octanol–water partition coefficient (Wildman–Crippen LogP) is 3.11. The van der Waals surface area contributed by atoms with Crippen molar-refractivity contribution in [2.24, 2.45) is 0 Å². The number of rotatable bonds is 4. The number of ether oxygens (including phenoxy) is 3. The number of hydrogen-bond acceptors (Lipinski definition) is 5. The Bertz CT molecular complexity index is 1050. The first-order valence-corrected chi connectivity index (χ1v) is 8.35. The molecule has 1 aliphatic rings. The molecular formula is C20H17NO5. The van der Waals surface area contributed by atoms with Gasteiger partial charge in [0.15, 0.2) is 11.5 Å². The van der Waals surface area contributed by atoms with Gasteiger partial charge in [0, 0.05) is 23.5 Å². The van der Waals surface area contributed by atoms with E-state index < -0.39 is 5.97 Å². The zero-order valence-electron chi connectivity index (χ0n) is 14.2. The zero-order chi connectivity index (χ0) is 18.1. The summed E-state index contributed by atoms with van der Waals surface area (Å²) in [5.74, 6) is 0.852. The molecule has 0 N–H and O–H groups in total. The topological polar surface area (TPSA) is 66.8 Å². The van der Waals surface area contributed by atoms with E-state index in [2.05, 4.69) is 0 Å². The van der Waals surface area contributed by atoms with Crippen LogP contribution >= 0.6 is 0 Å². The highest BCUT2D eigenvalue weighted by Crippen LogP contribution is 2.32. The largest absolute Gasteiger partial charge is 0.457 e. The second-order valence-corrected chi connectivity index (χ2v) is 5.94. The highest BCUT2D eigenvalue weighted by molar-refractivity contribution is 6.03. The van der Waals surface area contributed by atoms with Gasteiger partial charge >= 0.3 is 5.97 Å². The Morgan fingerprint density at radius 1 is 1.12 bits per heavy atom. The van der Waals surface area contributed by atoms with E-state index in [4.69, 9.17) is 14.2 Å². The molecule has 0 atom stereocenters. The molecule has 2 aromatic carbocycles. The Morgan fingerprint density at radius 2 is 1.88 bits per heavy atom. The molecule has 6 nitrogen and oxygen atoms in total. The van der Waals surface area contributed by atoms with Crippen LogP contribution in [0.1, 0.15) is 22.8 Å². The van der Waals surface area contributed by atoms with E-state index in [0.29, 0.717) is 34.4 Å². The van der Waals surface area contributed by atoms with E-state index in [1.54, 1.807) is 42.6 Å². The van der Waals surface area contributed by atoms with Crippen LogP contribution in [0.2, 0.25) is 0 Å². The standard InChI is InChI=1S/C20H17NO5/c1-2-21-10-16(14-5-3-4-6-15(14)19(21)22)20(23)24-11-13-7-8-17-18(9-13)26-12-25-17/h3-10H,2,11-12H2,1H3. The maximum Gasteiger partial charge on any atom is 0.340 e. The molecule has 132 valence electrons. The van der Waals surface area contributed by atoms with Crippen molar-refractivity contribution in [3.05, 3.63) is 70.1 Å². The van der Waals surface area contributed by atoms with Crippen LogP contribution in [0.25, 0.3) is 10.8 Å². The molecule has 2 heterocycles. The van der Waals surface area contributed by atoms with Crippen molar-refractivity contribution in [1.82, 2.24) is 4.57 Å². The van der Waals surface area contributed by atoms with E-state index in [9.17, 15) is 9.59 Å². The Balaban J connectivity index is 1.62. The number of aromatic nitrogens is 1. The fourth-order valence-corrected chi connectivity index (χ4v) is 3.00. The number of nitrogens with zero attached hydrogens (tertiary/aromatic N) is 1. The van der Waals surface area contributed by atoms with Gasteiger partial charge in [0.1, 0.15) is 6.61 Å². The Hall–Kier alpha value is -3.28. The van der Waals surface area contributed by atoms with Crippen LogP contribution in [0.3, 0.4) is 0 Å². The van der Waals surface area contributed by atoms with Gasteiger partial charge in [-0.1, -0.05) is 24.3 Å². The lowest BCUT2D eigenvalue weighted by molar-refractivity contribution is 0.0473. The molecule has 0 saturated heterocycles. The maximum absolute atomic E-state index is 12.7. The maximum atomic E-state index is 12.7. The first-order valence-electron chi connectivity index (χ1n) is 8.35. The minimum absolute atomic E-state index is 0.106. The van der Waals surface area contributed by atoms with Crippen molar-refractivity contribution < 1.29 is 19.0 Å². The monoisotopic (exact) mass is 351 g/mol. The van der Waals surface area contributed by atoms with Gasteiger partial charge in [0.05, 0.1) is 5.56 Å². The summed E-state index contributed by atoms with van der Waals surface area (Å²) in [7, 11) is 0. The van der Waals surface area contributed by atoms with Crippen LogP contribution in [0, 0.1) is 0 Å². The van der Waals surface area contributed by atoms with Gasteiger partial charge in [-0.25, -0.2) is 4.79 Å². The van der Waals surface area contributed by atoms with Gasteiger partial charge < -0.3 is 18.8 Å². The molecule has 0 aliphatic carbocycles. The first-order chi connectivity index (χ1) is 12.7. The van der Waals surface area contributed by atoms with Crippen LogP contribution in [0.4, 0.5) is 0 Å². The smallest absolute Gasteiger partial charge is 0.340 e. The van der Waals surface area contributed by atoms with Crippen LogP contribution < -0.4 is 15.0 Å². The molecule has 0 amide bonds. The minimum atomic E-state index is -0.471. The Morgan fingerprint density at radius 3 is 2.69 bits per heavy atom. The van der Waals surface area contributed by atoms with Crippen molar-refractivity contribution in [2.75, 3.05) is 6.79 Å². The lowest BCUT2D eigenvalue weighted by Crippen LogP contribution is -2.21. The normalized spacial score (nSPS) is 12.3. The quantitative estimate of drug-likeness (QED) is 0.676. The summed E-state index contributed by atoms with van der Waals surface area (Å²) in [6.45, 7) is 2.64. The summed E-state index contributed by atoms with van der Waals surface area (Å²) in [5.41, 5.74) is 1.06. The predicted molar refractivity (Wildman–Crippen MR) is 95.6 cm³/mol. The van der Waals surface area contributed by atoms with E-state index >= 15 is 0 Å². The number of aryl methyl sites for hydroxylation is 1. The van der Waals surface area contributed by atoms with E-state index in [0.717, 1.165) is 5.56 Å². The van der Waals surface area contributed by atoms with Crippen LogP contribution in [0.5, 0.6) is 11.5 Å². The van der Waals surface area contributed by atoms with Crippen molar-refractivity contribution in [2.45, 2.75) is 20.1 Å². The summed E-state index contributed by atoms with van der Waals surface area (Å²) in [5, 5.41) is 1.10. The summed E-state index contributed by atoms with van der Waals surface area (Å²) < 4.78 is 17.6. The van der Waals surface area contributed by atoms with Gasteiger partial charge in [-0.3, -0.25) is 4.79 Å². The molecular weight excluding hydrogens is 334 g/mol. The summed E-state index contributed by atoms with van der Waals surface area (Å²) in [6, 6.07) is 12.5. The second-order valence-electron chi connectivity index (χ2n) is 5.94. The molecule has 26 heavy (non-hydrogen) atoms. The summed E-state index contributed by atoms with van der Waals surface area (Å²) in [6.07, 6.45) is 1.56. The molecule has 3 aromatic rings. The van der Waals surface area contributed by atoms with Crippen LogP contribution in [-0.4, -0.2) is 17.3 Å². The molecule has 0 unspecified atom stereocenters. The van der Waals surface area contributed by atoms with Crippen molar-refractivity contribution in [3.8, 4) is 11.5 Å². The lowest BCUT2D eigenvalue weighted by atomic mass is 10.1. The van der Waals surface area contributed by atoms with E-state index in [1.807, 2.05) is 13.0 Å².